The fourth-order valence-corrected chi connectivity index (χ4v) is 2.62. The van der Waals surface area contributed by atoms with Crippen LogP contribution < -0.4 is 0 Å². The van der Waals surface area contributed by atoms with E-state index in [4.69, 9.17) is 0 Å². The smallest absolute Gasteiger partial charge is 0.244 e. The van der Waals surface area contributed by atoms with Gasteiger partial charge in [0.1, 0.15) is 6.61 Å². The largest absolute Gasteiger partial charge is 0.389 e. The molecule has 1 atom stereocenters. The van der Waals surface area contributed by atoms with Crippen LogP contribution in [0.15, 0.2) is 0 Å². The predicted octanol–water partition coefficient (Wildman–Crippen LogP) is 4.72. The van der Waals surface area contributed by atoms with Crippen LogP contribution in [0.2, 0.25) is 0 Å². The van der Waals surface area contributed by atoms with E-state index in [2.05, 4.69) is 6.92 Å². The quantitative estimate of drug-likeness (QED) is 0.286. The van der Waals surface area contributed by atoms with Gasteiger partial charge in [-0.1, -0.05) is 65.2 Å². The molecule has 0 aromatic rings. The van der Waals surface area contributed by atoms with Crippen molar-refractivity contribution >= 4 is 0 Å². The van der Waals surface area contributed by atoms with Crippen LogP contribution >= 0.6 is 0 Å². The molecule has 0 fully saturated rings. The Hall–Kier alpha value is -0.640. The third-order valence-corrected chi connectivity index (χ3v) is 4.17. The summed E-state index contributed by atoms with van der Waals surface area (Å²) in [5.41, 5.74) is -1.09. The van der Waals surface area contributed by atoms with Gasteiger partial charge in [0, 0.05) is 17.8 Å². The van der Waals surface area contributed by atoms with Gasteiger partial charge in [-0.15, -0.1) is 0 Å². The summed E-state index contributed by atoms with van der Waals surface area (Å²) in [6.45, 7) is 3.91. The van der Waals surface area contributed by atoms with Gasteiger partial charge in [0.15, 0.2) is 0 Å². The van der Waals surface area contributed by atoms with Crippen LogP contribution in [0.25, 0.3) is 0 Å². The van der Waals surface area contributed by atoms with Gasteiger partial charge in [-0.3, -0.25) is 10.1 Å². The molecule has 0 aliphatic rings. The van der Waals surface area contributed by atoms with E-state index in [0.29, 0.717) is 12.8 Å². The Bertz CT molecular complexity index is 246. The van der Waals surface area contributed by atoms with E-state index in [9.17, 15) is 15.2 Å². The number of aliphatic hydroxyl groups is 1. The molecular weight excluding hydrogens is 254 g/mol. The summed E-state index contributed by atoms with van der Waals surface area (Å²) in [6, 6.07) is 0. The van der Waals surface area contributed by atoms with Gasteiger partial charge in [0.2, 0.25) is 5.54 Å². The molecule has 0 rings (SSSR count). The highest BCUT2D eigenvalue weighted by Gasteiger charge is 2.40. The normalized spacial score (nSPS) is 14.2. The number of nitro groups is 1. The molecular formula is C16H33NO3. The van der Waals surface area contributed by atoms with Gasteiger partial charge in [-0.2, -0.15) is 0 Å². The summed E-state index contributed by atoms with van der Waals surface area (Å²) in [6.07, 6.45) is 12.3. The van der Waals surface area contributed by atoms with Crippen molar-refractivity contribution in [3.8, 4) is 0 Å². The first kappa shape index (κ1) is 19.4. The zero-order chi connectivity index (χ0) is 15.3. The Labute approximate surface area is 124 Å². The van der Waals surface area contributed by atoms with Crippen LogP contribution in [-0.2, 0) is 0 Å². The van der Waals surface area contributed by atoms with Gasteiger partial charge < -0.3 is 5.11 Å². The average molecular weight is 287 g/mol. The van der Waals surface area contributed by atoms with Crippen molar-refractivity contribution < 1.29 is 10.0 Å². The molecule has 20 heavy (non-hydrogen) atoms. The molecule has 1 unspecified atom stereocenters. The molecule has 0 aromatic carbocycles. The van der Waals surface area contributed by atoms with Crippen molar-refractivity contribution in [3.05, 3.63) is 10.1 Å². The third kappa shape index (κ3) is 7.83. The van der Waals surface area contributed by atoms with Crippen LogP contribution in [0, 0.1) is 10.1 Å². The summed E-state index contributed by atoms with van der Waals surface area (Å²) < 4.78 is 0. The molecule has 0 aromatic heterocycles. The minimum Gasteiger partial charge on any atom is -0.389 e. The summed E-state index contributed by atoms with van der Waals surface area (Å²) in [4.78, 5) is 11.0. The molecule has 0 amide bonds. The highest BCUT2D eigenvalue weighted by molar-refractivity contribution is 4.78. The van der Waals surface area contributed by atoms with Gasteiger partial charge in [-0.05, 0) is 12.8 Å². The zero-order valence-electron chi connectivity index (χ0n) is 13.4. The lowest BCUT2D eigenvalue weighted by atomic mass is 9.88. The predicted molar refractivity (Wildman–Crippen MR) is 83.6 cm³/mol. The molecule has 120 valence electrons. The lowest BCUT2D eigenvalue weighted by Gasteiger charge is -2.23. The molecule has 0 aliphatic heterocycles. The summed E-state index contributed by atoms with van der Waals surface area (Å²) in [5.74, 6) is 0. The second-order valence-corrected chi connectivity index (χ2v) is 5.97. The van der Waals surface area contributed by atoms with Gasteiger partial charge in [0.05, 0.1) is 0 Å². The molecule has 0 heterocycles. The summed E-state index contributed by atoms with van der Waals surface area (Å²) in [5, 5.41) is 20.7. The average Bonchev–Trinajstić information content (AvgIpc) is 2.45. The fraction of sp³-hybridized carbons (Fsp3) is 1.00. The number of unbranched alkanes of at least 4 members (excludes halogenated alkanes) is 8. The van der Waals surface area contributed by atoms with E-state index in [1.165, 1.54) is 32.1 Å². The van der Waals surface area contributed by atoms with Gasteiger partial charge >= 0.3 is 0 Å². The number of hydrogen-bond donors (Lipinski definition) is 1. The van der Waals surface area contributed by atoms with E-state index in [1.54, 1.807) is 0 Å². The first-order chi connectivity index (χ1) is 9.63. The molecule has 1 N–H and O–H groups in total. The monoisotopic (exact) mass is 287 g/mol. The van der Waals surface area contributed by atoms with Crippen molar-refractivity contribution in [2.75, 3.05) is 6.61 Å². The summed E-state index contributed by atoms with van der Waals surface area (Å²) in [7, 11) is 0. The maximum atomic E-state index is 11.2. The maximum Gasteiger partial charge on any atom is 0.244 e. The third-order valence-electron chi connectivity index (χ3n) is 4.17. The van der Waals surface area contributed by atoms with Crippen LogP contribution in [0.1, 0.15) is 90.9 Å². The van der Waals surface area contributed by atoms with Gasteiger partial charge in [-0.25, -0.2) is 0 Å². The standard InChI is InChI=1S/C16H33NO3/c1-3-5-7-8-9-10-11-12-14-16(15-18,17(19)20)13-6-4-2/h18H,3-15H2,1-2H3. The second-order valence-electron chi connectivity index (χ2n) is 5.97. The van der Waals surface area contributed by atoms with Crippen molar-refractivity contribution in [2.24, 2.45) is 0 Å². The number of aliphatic hydroxyl groups excluding tert-OH is 1. The Balaban J connectivity index is 3.87. The van der Waals surface area contributed by atoms with Crippen molar-refractivity contribution in [1.82, 2.24) is 0 Å². The molecule has 0 aliphatic carbocycles. The maximum absolute atomic E-state index is 11.2. The Morgan fingerprint density at radius 2 is 1.30 bits per heavy atom. The SMILES string of the molecule is CCCCCCCCCCC(CO)(CCCC)[N+](=O)[O-]. The van der Waals surface area contributed by atoms with Gasteiger partial charge in [0.25, 0.3) is 0 Å². The lowest BCUT2D eigenvalue weighted by Crippen LogP contribution is -2.42. The number of hydrogen-bond acceptors (Lipinski definition) is 3. The molecule has 0 saturated carbocycles. The first-order valence-corrected chi connectivity index (χ1v) is 8.38. The van der Waals surface area contributed by atoms with Crippen molar-refractivity contribution in [1.29, 1.82) is 0 Å². The zero-order valence-corrected chi connectivity index (χ0v) is 13.4. The first-order valence-electron chi connectivity index (χ1n) is 8.38. The lowest BCUT2D eigenvalue weighted by molar-refractivity contribution is -0.576. The molecule has 0 bridgehead atoms. The Kier molecular flexibility index (Phi) is 11.7. The molecule has 0 saturated heterocycles. The molecule has 4 heteroatoms. The number of nitrogens with zero attached hydrogens (tertiary/aromatic N) is 1. The van der Waals surface area contributed by atoms with E-state index < -0.39 is 5.54 Å². The van der Waals surface area contributed by atoms with Crippen LogP contribution in [0.3, 0.4) is 0 Å². The number of rotatable bonds is 14. The minimum atomic E-state index is -1.09. The van der Waals surface area contributed by atoms with Crippen molar-refractivity contribution in [3.63, 3.8) is 0 Å². The van der Waals surface area contributed by atoms with Crippen molar-refractivity contribution in [2.45, 2.75) is 96.4 Å². The van der Waals surface area contributed by atoms with Crippen LogP contribution in [0.5, 0.6) is 0 Å². The Morgan fingerprint density at radius 3 is 1.75 bits per heavy atom. The van der Waals surface area contributed by atoms with E-state index in [1.807, 2.05) is 6.92 Å². The van der Waals surface area contributed by atoms with E-state index in [0.717, 1.165) is 32.1 Å². The van der Waals surface area contributed by atoms with Crippen LogP contribution in [-0.4, -0.2) is 22.2 Å². The highest BCUT2D eigenvalue weighted by Crippen LogP contribution is 2.25. The molecule has 0 spiro atoms. The van der Waals surface area contributed by atoms with E-state index >= 15 is 0 Å². The topological polar surface area (TPSA) is 63.4 Å². The molecule has 4 nitrogen and oxygen atoms in total. The highest BCUT2D eigenvalue weighted by atomic mass is 16.6. The van der Waals surface area contributed by atoms with Crippen LogP contribution in [0.4, 0.5) is 0 Å². The molecule has 0 radical (unpaired) electrons. The van der Waals surface area contributed by atoms with E-state index in [-0.39, 0.29) is 11.5 Å². The summed E-state index contributed by atoms with van der Waals surface area (Å²) >= 11 is 0. The minimum absolute atomic E-state index is 0.246. The fourth-order valence-electron chi connectivity index (χ4n) is 2.62. The Morgan fingerprint density at radius 1 is 0.850 bits per heavy atom. The second kappa shape index (κ2) is 12.1.